The predicted octanol–water partition coefficient (Wildman–Crippen LogP) is 4.10. The molecule has 0 saturated heterocycles. The minimum atomic E-state index is 0.946. The molecule has 0 aliphatic heterocycles. The van der Waals surface area contributed by atoms with E-state index < -0.39 is 0 Å². The molecule has 0 aromatic carbocycles. The van der Waals surface area contributed by atoms with Gasteiger partial charge in [-0.15, -0.1) is 0 Å². The third-order valence-corrected chi connectivity index (χ3v) is 6.40. The summed E-state index contributed by atoms with van der Waals surface area (Å²) >= 11 is 0. The van der Waals surface area contributed by atoms with E-state index in [-0.39, 0.29) is 0 Å². The molecule has 3 rings (SSSR count). The molecule has 0 radical (unpaired) electrons. The number of hydrogen-bond donors (Lipinski definition) is 0. The summed E-state index contributed by atoms with van der Waals surface area (Å²) in [6.07, 6.45) is 18.8. The lowest BCUT2D eigenvalue weighted by molar-refractivity contribution is 0.375. The van der Waals surface area contributed by atoms with Crippen molar-refractivity contribution in [2.45, 2.75) is 70.6 Å². The van der Waals surface area contributed by atoms with Gasteiger partial charge in [0.2, 0.25) is 0 Å². The summed E-state index contributed by atoms with van der Waals surface area (Å²) in [5.74, 6) is 1.91. The molecule has 2 fully saturated rings. The lowest BCUT2D eigenvalue weighted by Crippen LogP contribution is -2.17. The van der Waals surface area contributed by atoms with Gasteiger partial charge in [-0.05, 0) is 55.1 Å². The quantitative estimate of drug-likeness (QED) is 0.656. The van der Waals surface area contributed by atoms with Crippen LogP contribution in [0.4, 0.5) is 0 Å². The summed E-state index contributed by atoms with van der Waals surface area (Å²) in [5.41, 5.74) is 3.74. The largest absolute Gasteiger partial charge is 0.0844 e. The van der Waals surface area contributed by atoms with Crippen molar-refractivity contribution in [3.8, 4) is 0 Å². The second kappa shape index (κ2) is 5.77. The van der Waals surface area contributed by atoms with E-state index in [1.54, 1.807) is 0 Å². The highest BCUT2D eigenvalue weighted by atomic mass is 28.1. The zero-order valence-corrected chi connectivity index (χ0v) is 14.0. The van der Waals surface area contributed by atoms with Gasteiger partial charge in [-0.3, -0.25) is 0 Å². The first kappa shape index (κ1) is 12.7. The Morgan fingerprint density at radius 3 is 1.94 bits per heavy atom. The Labute approximate surface area is 115 Å². The van der Waals surface area contributed by atoms with Crippen molar-refractivity contribution >= 4 is 10.2 Å². The summed E-state index contributed by atoms with van der Waals surface area (Å²) in [7, 11) is 1.31. The highest BCUT2D eigenvalue weighted by molar-refractivity contribution is 6.23. The van der Waals surface area contributed by atoms with E-state index in [2.05, 4.69) is 6.08 Å². The molecule has 0 N–H and O–H groups in total. The summed E-state index contributed by atoms with van der Waals surface area (Å²) in [6.45, 7) is 0. The van der Waals surface area contributed by atoms with Gasteiger partial charge in [-0.1, -0.05) is 49.8 Å². The molecule has 2 saturated carbocycles. The first-order chi connectivity index (χ1) is 8.86. The van der Waals surface area contributed by atoms with E-state index in [1.807, 2.05) is 16.3 Å². The van der Waals surface area contributed by atoms with Crippen LogP contribution >= 0.6 is 0 Å². The van der Waals surface area contributed by atoms with E-state index in [0.717, 1.165) is 11.8 Å². The Morgan fingerprint density at radius 1 is 0.778 bits per heavy atom. The maximum atomic E-state index is 2.63. The van der Waals surface area contributed by atoms with Crippen molar-refractivity contribution in [3.05, 3.63) is 22.4 Å². The van der Waals surface area contributed by atoms with Crippen molar-refractivity contribution in [3.63, 3.8) is 0 Å². The maximum Gasteiger partial charge on any atom is 0.0341 e. The topological polar surface area (TPSA) is 0 Å². The molecule has 1 heteroatoms. The van der Waals surface area contributed by atoms with Crippen molar-refractivity contribution in [2.24, 2.45) is 11.8 Å². The van der Waals surface area contributed by atoms with Gasteiger partial charge in [0.25, 0.3) is 0 Å². The van der Waals surface area contributed by atoms with Crippen molar-refractivity contribution < 1.29 is 0 Å². The van der Waals surface area contributed by atoms with E-state index >= 15 is 0 Å². The van der Waals surface area contributed by atoms with Crippen molar-refractivity contribution in [1.29, 1.82) is 0 Å². The average Bonchev–Trinajstić information content (AvgIpc) is 2.83. The number of allylic oxidation sites excluding steroid dienone is 4. The van der Waals surface area contributed by atoms with E-state index in [0.29, 0.717) is 0 Å². The molecule has 0 unspecified atom stereocenters. The SMILES string of the molecule is [SiH3]C1=C(C2CCCCC2)C(C2CCCCC2)=CC1. The molecule has 18 heavy (non-hydrogen) atoms. The predicted molar refractivity (Wildman–Crippen MR) is 82.8 cm³/mol. The Bertz CT molecular complexity index is 352. The summed E-state index contributed by atoms with van der Waals surface area (Å²) in [4.78, 5) is 0. The Kier molecular flexibility index (Phi) is 4.08. The minimum absolute atomic E-state index is 0.946. The van der Waals surface area contributed by atoms with Gasteiger partial charge in [-0.25, -0.2) is 0 Å². The van der Waals surface area contributed by atoms with Crippen LogP contribution in [0.3, 0.4) is 0 Å². The minimum Gasteiger partial charge on any atom is -0.0844 e. The van der Waals surface area contributed by atoms with E-state index in [1.165, 1.54) is 80.9 Å². The van der Waals surface area contributed by atoms with Gasteiger partial charge in [0.05, 0.1) is 0 Å². The van der Waals surface area contributed by atoms with Crippen LogP contribution in [0.5, 0.6) is 0 Å². The molecule has 0 aromatic rings. The fourth-order valence-corrected chi connectivity index (χ4v) is 5.41. The van der Waals surface area contributed by atoms with Crippen LogP contribution < -0.4 is 0 Å². The monoisotopic (exact) mass is 260 g/mol. The van der Waals surface area contributed by atoms with Crippen molar-refractivity contribution in [1.82, 2.24) is 0 Å². The molecule has 0 heterocycles. The summed E-state index contributed by atoms with van der Waals surface area (Å²) in [5, 5.41) is 1.85. The molecule has 0 spiro atoms. The fraction of sp³-hybridized carbons (Fsp3) is 0.765. The standard InChI is InChI=1S/C17H28Si/c18-16-12-11-15(13-7-3-1-4-8-13)17(16)14-9-5-2-6-10-14/h11,13-14H,1-10,12H2,18H3. The van der Waals surface area contributed by atoms with Crippen LogP contribution in [0.2, 0.25) is 0 Å². The van der Waals surface area contributed by atoms with E-state index in [9.17, 15) is 0 Å². The van der Waals surface area contributed by atoms with Gasteiger partial charge in [-0.2, -0.15) is 0 Å². The molecular formula is C17H28Si. The smallest absolute Gasteiger partial charge is 0.0341 e. The lowest BCUT2D eigenvalue weighted by Gasteiger charge is -2.31. The zero-order valence-electron chi connectivity index (χ0n) is 12.0. The second-order valence-electron chi connectivity index (χ2n) is 6.73. The number of rotatable bonds is 2. The van der Waals surface area contributed by atoms with Crippen LogP contribution in [0, 0.1) is 11.8 Å². The average molecular weight is 260 g/mol. The van der Waals surface area contributed by atoms with E-state index in [4.69, 9.17) is 0 Å². The molecule has 0 atom stereocenters. The van der Waals surface area contributed by atoms with Crippen LogP contribution in [-0.4, -0.2) is 10.2 Å². The Hall–Kier alpha value is -0.303. The van der Waals surface area contributed by atoms with Crippen LogP contribution in [0.1, 0.15) is 70.6 Å². The molecule has 0 nitrogen and oxygen atoms in total. The first-order valence-corrected chi connectivity index (χ1v) is 9.26. The highest BCUT2D eigenvalue weighted by Gasteiger charge is 2.29. The van der Waals surface area contributed by atoms with Gasteiger partial charge < -0.3 is 0 Å². The van der Waals surface area contributed by atoms with Crippen LogP contribution in [0.15, 0.2) is 22.4 Å². The summed E-state index contributed by atoms with van der Waals surface area (Å²) in [6, 6.07) is 0. The molecule has 100 valence electrons. The summed E-state index contributed by atoms with van der Waals surface area (Å²) < 4.78 is 0. The number of hydrogen-bond acceptors (Lipinski definition) is 0. The zero-order chi connectivity index (χ0) is 12.4. The van der Waals surface area contributed by atoms with Crippen molar-refractivity contribution in [2.75, 3.05) is 0 Å². The molecule has 0 amide bonds. The molecular weight excluding hydrogens is 232 g/mol. The Morgan fingerprint density at radius 2 is 1.33 bits per heavy atom. The van der Waals surface area contributed by atoms with Crippen LogP contribution in [-0.2, 0) is 0 Å². The maximum absolute atomic E-state index is 2.63. The first-order valence-electron chi connectivity index (χ1n) is 8.26. The normalized spacial score (nSPS) is 27.9. The fourth-order valence-electron chi connectivity index (χ4n) is 4.50. The molecule has 3 aliphatic rings. The third-order valence-electron chi connectivity index (χ3n) is 5.46. The Balaban J connectivity index is 1.77. The highest BCUT2D eigenvalue weighted by Crippen LogP contribution is 2.44. The van der Waals surface area contributed by atoms with Crippen LogP contribution in [0.25, 0.3) is 0 Å². The second-order valence-corrected chi connectivity index (χ2v) is 7.93. The molecule has 3 aliphatic carbocycles. The van der Waals surface area contributed by atoms with Gasteiger partial charge >= 0.3 is 0 Å². The molecule has 0 aromatic heterocycles. The van der Waals surface area contributed by atoms with Gasteiger partial charge in [0, 0.05) is 10.2 Å². The van der Waals surface area contributed by atoms with Gasteiger partial charge in [0.1, 0.15) is 0 Å². The lowest BCUT2D eigenvalue weighted by atomic mass is 9.75. The third kappa shape index (κ3) is 2.52. The van der Waals surface area contributed by atoms with Gasteiger partial charge in [0.15, 0.2) is 0 Å². The molecule has 0 bridgehead atoms.